The third-order valence-electron chi connectivity index (χ3n) is 4.12. The van der Waals surface area contributed by atoms with Crippen LogP contribution in [0.4, 0.5) is 0 Å². The predicted octanol–water partition coefficient (Wildman–Crippen LogP) is 3.95. The number of thiophene rings is 1. The van der Waals surface area contributed by atoms with Gasteiger partial charge in [0.25, 0.3) is 0 Å². The van der Waals surface area contributed by atoms with E-state index in [9.17, 15) is 0 Å². The molecule has 0 unspecified atom stereocenters. The van der Waals surface area contributed by atoms with Crippen molar-refractivity contribution in [1.29, 1.82) is 0 Å². The van der Waals surface area contributed by atoms with Crippen molar-refractivity contribution >= 4 is 34.0 Å². The summed E-state index contributed by atoms with van der Waals surface area (Å²) in [7, 11) is 0. The van der Waals surface area contributed by atoms with E-state index in [1.54, 1.807) is 6.20 Å². The summed E-state index contributed by atoms with van der Waals surface area (Å²) < 4.78 is 0. The van der Waals surface area contributed by atoms with Crippen LogP contribution in [-0.2, 0) is 19.4 Å². The topological polar surface area (TPSA) is 29.0 Å². The highest BCUT2D eigenvalue weighted by Gasteiger charge is 2.18. The van der Waals surface area contributed by atoms with Crippen molar-refractivity contribution < 1.29 is 0 Å². The van der Waals surface area contributed by atoms with E-state index in [4.69, 9.17) is 16.6 Å². The van der Waals surface area contributed by atoms with Gasteiger partial charge in [-0.25, -0.2) is 9.97 Å². The minimum absolute atomic E-state index is 0.666. The van der Waals surface area contributed by atoms with E-state index in [0.29, 0.717) is 5.02 Å². The lowest BCUT2D eigenvalue weighted by Gasteiger charge is -2.28. The number of hydrogen-bond acceptors (Lipinski definition) is 4. The molecule has 0 bridgehead atoms. The highest BCUT2D eigenvalue weighted by atomic mass is 35.5. The standard InChI is InChI=1S/C17H16ClN3S/c18-14-9-12-8-13-11-21(5-3-15-2-1-7-22-15)6-4-16(13)20-17(12)19-10-14/h1-2,7-10H,3-6,11H2. The molecular weight excluding hydrogens is 314 g/mol. The number of halogens is 1. The summed E-state index contributed by atoms with van der Waals surface area (Å²) in [5.74, 6) is 0. The normalized spacial score (nSPS) is 15.1. The fourth-order valence-electron chi connectivity index (χ4n) is 2.97. The van der Waals surface area contributed by atoms with Crippen LogP contribution in [0.25, 0.3) is 11.0 Å². The van der Waals surface area contributed by atoms with E-state index >= 15 is 0 Å². The van der Waals surface area contributed by atoms with Crippen LogP contribution in [0.1, 0.15) is 16.1 Å². The summed E-state index contributed by atoms with van der Waals surface area (Å²) in [5.41, 5.74) is 3.30. The molecule has 0 saturated carbocycles. The van der Waals surface area contributed by atoms with E-state index in [0.717, 1.165) is 43.5 Å². The second-order valence-corrected chi connectivity index (χ2v) is 7.12. The molecule has 1 aliphatic heterocycles. The molecule has 0 N–H and O–H groups in total. The summed E-state index contributed by atoms with van der Waals surface area (Å²) in [6.07, 6.45) is 3.79. The van der Waals surface area contributed by atoms with Gasteiger partial charge in [0.15, 0.2) is 5.65 Å². The molecule has 1 aliphatic rings. The van der Waals surface area contributed by atoms with Gasteiger partial charge in [-0.2, -0.15) is 0 Å². The quantitative estimate of drug-likeness (QED) is 0.728. The zero-order chi connectivity index (χ0) is 14.9. The molecule has 0 amide bonds. The van der Waals surface area contributed by atoms with Crippen LogP contribution >= 0.6 is 22.9 Å². The van der Waals surface area contributed by atoms with Crippen molar-refractivity contribution in [1.82, 2.24) is 14.9 Å². The zero-order valence-corrected chi connectivity index (χ0v) is 13.7. The molecule has 0 radical (unpaired) electrons. The maximum atomic E-state index is 6.04. The number of aromatic nitrogens is 2. The van der Waals surface area contributed by atoms with Crippen LogP contribution in [0, 0.1) is 0 Å². The average Bonchev–Trinajstić information content (AvgIpc) is 3.04. The number of nitrogens with zero attached hydrogens (tertiary/aromatic N) is 3. The molecule has 3 aromatic rings. The van der Waals surface area contributed by atoms with Crippen LogP contribution in [0.15, 0.2) is 35.8 Å². The predicted molar refractivity (Wildman–Crippen MR) is 91.6 cm³/mol. The first-order valence-electron chi connectivity index (χ1n) is 7.47. The van der Waals surface area contributed by atoms with Crippen molar-refractivity contribution in [3.63, 3.8) is 0 Å². The Bertz CT molecular complexity index is 801. The van der Waals surface area contributed by atoms with Gasteiger partial charge in [0.1, 0.15) is 0 Å². The SMILES string of the molecule is Clc1cnc2nc3c(cc2c1)CN(CCc1cccs1)CC3. The Hall–Kier alpha value is -1.49. The second-order valence-electron chi connectivity index (χ2n) is 5.65. The Labute approximate surface area is 138 Å². The molecule has 0 atom stereocenters. The summed E-state index contributed by atoms with van der Waals surface area (Å²) in [6, 6.07) is 8.49. The Morgan fingerprint density at radius 1 is 1.32 bits per heavy atom. The van der Waals surface area contributed by atoms with Crippen molar-refractivity contribution in [3.8, 4) is 0 Å². The van der Waals surface area contributed by atoms with E-state index < -0.39 is 0 Å². The summed E-state index contributed by atoms with van der Waals surface area (Å²) >= 11 is 7.88. The van der Waals surface area contributed by atoms with Gasteiger partial charge in [0, 0.05) is 48.2 Å². The highest BCUT2D eigenvalue weighted by Crippen LogP contribution is 2.23. The Morgan fingerprint density at radius 2 is 2.27 bits per heavy atom. The summed E-state index contributed by atoms with van der Waals surface area (Å²) in [6.45, 7) is 3.15. The minimum Gasteiger partial charge on any atom is -0.298 e. The molecular formula is C17H16ClN3S. The largest absolute Gasteiger partial charge is 0.298 e. The van der Waals surface area contributed by atoms with Crippen LogP contribution in [-0.4, -0.2) is 28.0 Å². The summed E-state index contributed by atoms with van der Waals surface area (Å²) in [5, 5.41) is 3.85. The van der Waals surface area contributed by atoms with Gasteiger partial charge < -0.3 is 0 Å². The first-order valence-corrected chi connectivity index (χ1v) is 8.72. The minimum atomic E-state index is 0.666. The monoisotopic (exact) mass is 329 g/mol. The average molecular weight is 330 g/mol. The van der Waals surface area contributed by atoms with Gasteiger partial charge in [0.2, 0.25) is 0 Å². The first-order chi connectivity index (χ1) is 10.8. The van der Waals surface area contributed by atoms with Crippen molar-refractivity contribution in [2.24, 2.45) is 0 Å². The number of rotatable bonds is 3. The lowest BCUT2D eigenvalue weighted by molar-refractivity contribution is 0.256. The molecule has 4 rings (SSSR count). The molecule has 0 saturated heterocycles. The molecule has 3 aromatic heterocycles. The van der Waals surface area contributed by atoms with Crippen LogP contribution < -0.4 is 0 Å². The fraction of sp³-hybridized carbons (Fsp3) is 0.294. The maximum absolute atomic E-state index is 6.04. The Kier molecular flexibility index (Phi) is 3.82. The first kappa shape index (κ1) is 14.1. The summed E-state index contributed by atoms with van der Waals surface area (Å²) in [4.78, 5) is 13.0. The number of hydrogen-bond donors (Lipinski definition) is 0. The van der Waals surface area contributed by atoms with Gasteiger partial charge in [-0.3, -0.25) is 4.90 Å². The fourth-order valence-corrected chi connectivity index (χ4v) is 3.83. The Balaban J connectivity index is 1.54. The van der Waals surface area contributed by atoms with Gasteiger partial charge in [0.05, 0.1) is 5.02 Å². The van der Waals surface area contributed by atoms with Crippen LogP contribution in [0.3, 0.4) is 0 Å². The van der Waals surface area contributed by atoms with Gasteiger partial charge in [-0.05, 0) is 35.6 Å². The van der Waals surface area contributed by atoms with E-state index in [1.165, 1.54) is 16.1 Å². The molecule has 3 nitrogen and oxygen atoms in total. The van der Waals surface area contributed by atoms with Gasteiger partial charge in [-0.15, -0.1) is 11.3 Å². The van der Waals surface area contributed by atoms with Gasteiger partial charge in [-0.1, -0.05) is 17.7 Å². The molecule has 22 heavy (non-hydrogen) atoms. The molecule has 4 heterocycles. The zero-order valence-electron chi connectivity index (χ0n) is 12.1. The maximum Gasteiger partial charge on any atom is 0.159 e. The van der Waals surface area contributed by atoms with Crippen molar-refractivity contribution in [2.75, 3.05) is 13.1 Å². The molecule has 0 fully saturated rings. The van der Waals surface area contributed by atoms with E-state index in [-0.39, 0.29) is 0 Å². The number of fused-ring (bicyclic) bond motifs is 2. The molecule has 5 heteroatoms. The van der Waals surface area contributed by atoms with Crippen molar-refractivity contribution in [3.05, 3.63) is 57.0 Å². The highest BCUT2D eigenvalue weighted by molar-refractivity contribution is 7.09. The Morgan fingerprint density at radius 3 is 3.14 bits per heavy atom. The van der Waals surface area contributed by atoms with Gasteiger partial charge >= 0.3 is 0 Å². The van der Waals surface area contributed by atoms with Crippen molar-refractivity contribution in [2.45, 2.75) is 19.4 Å². The molecule has 0 aromatic carbocycles. The van der Waals surface area contributed by atoms with E-state index in [1.807, 2.05) is 17.4 Å². The molecule has 0 spiro atoms. The van der Waals surface area contributed by atoms with E-state index in [2.05, 4.69) is 33.5 Å². The molecule has 112 valence electrons. The lowest BCUT2D eigenvalue weighted by Crippen LogP contribution is -2.32. The van der Waals surface area contributed by atoms with Crippen LogP contribution in [0.2, 0.25) is 5.02 Å². The second kappa shape index (κ2) is 5.95. The third-order valence-corrected chi connectivity index (χ3v) is 5.26. The van der Waals surface area contributed by atoms with Crippen LogP contribution in [0.5, 0.6) is 0 Å². The lowest BCUT2D eigenvalue weighted by atomic mass is 10.0. The molecule has 0 aliphatic carbocycles. The smallest absolute Gasteiger partial charge is 0.159 e. The third kappa shape index (κ3) is 2.86. The number of pyridine rings is 2.